The molecule has 0 aliphatic carbocycles. The van der Waals surface area contributed by atoms with Crippen LogP contribution in [0.1, 0.15) is 31.3 Å². The number of aromatic nitrogens is 1. The number of nitrogens with one attached hydrogen (secondary N) is 1. The molecule has 0 aliphatic heterocycles. The van der Waals surface area contributed by atoms with Gasteiger partial charge in [0.2, 0.25) is 5.89 Å². The lowest BCUT2D eigenvalue weighted by Gasteiger charge is -2.07. The highest BCUT2D eigenvalue weighted by Crippen LogP contribution is 2.31. The zero-order valence-corrected chi connectivity index (χ0v) is 11.6. The van der Waals surface area contributed by atoms with Crippen molar-refractivity contribution in [2.24, 2.45) is 0 Å². The van der Waals surface area contributed by atoms with Crippen LogP contribution in [-0.4, -0.2) is 11.5 Å². The van der Waals surface area contributed by atoms with Crippen LogP contribution in [0.3, 0.4) is 0 Å². The second kappa shape index (κ2) is 5.55. The summed E-state index contributed by atoms with van der Waals surface area (Å²) in [5.74, 6) is 1.40. The van der Waals surface area contributed by atoms with Crippen LogP contribution in [0.5, 0.6) is 0 Å². The molecule has 0 saturated carbocycles. The summed E-state index contributed by atoms with van der Waals surface area (Å²) in [5.41, 5.74) is 1.92. The predicted molar refractivity (Wildman–Crippen MR) is 73.8 cm³/mol. The van der Waals surface area contributed by atoms with Gasteiger partial charge >= 0.3 is 0 Å². The van der Waals surface area contributed by atoms with Crippen LogP contribution >= 0.6 is 11.6 Å². The van der Waals surface area contributed by atoms with Gasteiger partial charge in [-0.25, -0.2) is 4.98 Å². The molecule has 1 unspecified atom stereocenters. The maximum Gasteiger partial charge on any atom is 0.211 e. The molecule has 0 saturated heterocycles. The van der Waals surface area contributed by atoms with Gasteiger partial charge in [0, 0.05) is 5.56 Å². The van der Waals surface area contributed by atoms with Gasteiger partial charge in [0.1, 0.15) is 0 Å². The Bertz CT molecular complexity index is 536. The molecule has 0 spiro atoms. The monoisotopic (exact) mass is 264 g/mol. The quantitative estimate of drug-likeness (QED) is 0.908. The zero-order valence-electron chi connectivity index (χ0n) is 10.8. The second-order valence-electron chi connectivity index (χ2n) is 4.28. The van der Waals surface area contributed by atoms with Crippen molar-refractivity contribution in [1.82, 2.24) is 10.3 Å². The Morgan fingerprint density at radius 1 is 1.44 bits per heavy atom. The number of halogens is 1. The van der Waals surface area contributed by atoms with Crippen molar-refractivity contribution in [2.75, 3.05) is 6.54 Å². The van der Waals surface area contributed by atoms with Gasteiger partial charge in [-0.1, -0.05) is 30.7 Å². The lowest BCUT2D eigenvalue weighted by Crippen LogP contribution is -2.17. The van der Waals surface area contributed by atoms with Gasteiger partial charge in [-0.05, 0) is 32.0 Å². The van der Waals surface area contributed by atoms with Gasteiger partial charge in [-0.3, -0.25) is 0 Å². The van der Waals surface area contributed by atoms with E-state index in [4.69, 9.17) is 16.0 Å². The maximum atomic E-state index is 6.27. The number of rotatable bonds is 4. The Hall–Kier alpha value is -1.32. The Morgan fingerprint density at radius 3 is 2.94 bits per heavy atom. The van der Waals surface area contributed by atoms with Crippen LogP contribution in [0, 0.1) is 6.92 Å². The topological polar surface area (TPSA) is 38.1 Å². The van der Waals surface area contributed by atoms with Gasteiger partial charge in [-0.2, -0.15) is 0 Å². The molecule has 0 amide bonds. The summed E-state index contributed by atoms with van der Waals surface area (Å²) in [6.07, 6.45) is 1.73. The SMILES string of the molecule is CCNC(C)c1ncc(-c2cccc(C)c2Cl)o1. The fourth-order valence-corrected chi connectivity index (χ4v) is 2.06. The van der Waals surface area contributed by atoms with Crippen LogP contribution in [-0.2, 0) is 0 Å². The van der Waals surface area contributed by atoms with E-state index in [1.54, 1.807) is 6.20 Å². The van der Waals surface area contributed by atoms with Crippen molar-refractivity contribution in [3.63, 3.8) is 0 Å². The fraction of sp³-hybridized carbons (Fsp3) is 0.357. The summed E-state index contributed by atoms with van der Waals surface area (Å²) in [4.78, 5) is 4.29. The van der Waals surface area contributed by atoms with E-state index in [-0.39, 0.29) is 6.04 Å². The molecule has 0 aliphatic rings. The van der Waals surface area contributed by atoms with Crippen LogP contribution in [0.2, 0.25) is 5.02 Å². The van der Waals surface area contributed by atoms with Crippen LogP contribution in [0.4, 0.5) is 0 Å². The van der Waals surface area contributed by atoms with Crippen LogP contribution in [0.15, 0.2) is 28.8 Å². The molecular formula is C14H17ClN2O. The minimum atomic E-state index is 0.104. The molecule has 3 nitrogen and oxygen atoms in total. The third-order valence-corrected chi connectivity index (χ3v) is 3.36. The van der Waals surface area contributed by atoms with E-state index < -0.39 is 0 Å². The number of hydrogen-bond donors (Lipinski definition) is 1. The van der Waals surface area contributed by atoms with Crippen molar-refractivity contribution in [3.8, 4) is 11.3 Å². The number of oxazole rings is 1. The molecule has 1 aromatic carbocycles. The number of aryl methyl sites for hydroxylation is 1. The van der Waals surface area contributed by atoms with Gasteiger partial charge in [-0.15, -0.1) is 0 Å². The number of nitrogens with zero attached hydrogens (tertiary/aromatic N) is 1. The summed E-state index contributed by atoms with van der Waals surface area (Å²) in [5, 5.41) is 3.98. The third kappa shape index (κ3) is 2.57. The Kier molecular flexibility index (Phi) is 4.04. The summed E-state index contributed by atoms with van der Waals surface area (Å²) in [6, 6.07) is 5.99. The van der Waals surface area contributed by atoms with Crippen molar-refractivity contribution in [2.45, 2.75) is 26.8 Å². The molecule has 1 heterocycles. The lowest BCUT2D eigenvalue weighted by atomic mass is 10.1. The first-order chi connectivity index (χ1) is 8.63. The Balaban J connectivity index is 2.32. The lowest BCUT2D eigenvalue weighted by molar-refractivity contribution is 0.429. The van der Waals surface area contributed by atoms with Crippen molar-refractivity contribution < 1.29 is 4.42 Å². The molecule has 1 aromatic heterocycles. The highest BCUT2D eigenvalue weighted by molar-refractivity contribution is 6.33. The van der Waals surface area contributed by atoms with E-state index in [0.717, 1.165) is 22.7 Å². The first-order valence-electron chi connectivity index (χ1n) is 6.08. The van der Waals surface area contributed by atoms with E-state index in [0.29, 0.717) is 11.7 Å². The van der Waals surface area contributed by atoms with E-state index in [1.807, 2.05) is 32.0 Å². The summed E-state index contributed by atoms with van der Waals surface area (Å²) in [6.45, 7) is 6.93. The molecule has 1 N–H and O–H groups in total. The fourth-order valence-electron chi connectivity index (χ4n) is 1.84. The third-order valence-electron chi connectivity index (χ3n) is 2.86. The predicted octanol–water partition coefficient (Wildman–Crippen LogP) is 3.97. The minimum Gasteiger partial charge on any atom is -0.439 e. The standard InChI is InChI=1S/C14H17ClN2O/c1-4-16-10(3)14-17-8-12(18-14)11-7-5-6-9(2)13(11)15/h5-8,10,16H,4H2,1-3H3. The van der Waals surface area contributed by atoms with Crippen molar-refractivity contribution in [3.05, 3.63) is 40.9 Å². The Morgan fingerprint density at radius 2 is 2.22 bits per heavy atom. The van der Waals surface area contributed by atoms with Gasteiger partial charge < -0.3 is 9.73 Å². The van der Waals surface area contributed by atoms with Gasteiger partial charge in [0.05, 0.1) is 17.3 Å². The molecule has 1 atom stereocenters. The molecule has 2 rings (SSSR count). The molecule has 18 heavy (non-hydrogen) atoms. The van der Waals surface area contributed by atoms with Gasteiger partial charge in [0.15, 0.2) is 5.76 Å². The highest BCUT2D eigenvalue weighted by atomic mass is 35.5. The Labute approximate surface area is 112 Å². The summed E-state index contributed by atoms with van der Waals surface area (Å²) < 4.78 is 5.76. The molecule has 0 bridgehead atoms. The molecule has 4 heteroatoms. The average Bonchev–Trinajstić information content (AvgIpc) is 2.82. The highest BCUT2D eigenvalue weighted by Gasteiger charge is 2.14. The molecule has 0 fully saturated rings. The number of hydrogen-bond acceptors (Lipinski definition) is 3. The zero-order chi connectivity index (χ0) is 13.1. The van der Waals surface area contributed by atoms with E-state index in [1.165, 1.54) is 0 Å². The van der Waals surface area contributed by atoms with E-state index >= 15 is 0 Å². The molecule has 2 aromatic rings. The van der Waals surface area contributed by atoms with Crippen LogP contribution < -0.4 is 5.32 Å². The average molecular weight is 265 g/mol. The first kappa shape index (κ1) is 13.1. The first-order valence-corrected chi connectivity index (χ1v) is 6.46. The van der Waals surface area contributed by atoms with Crippen molar-refractivity contribution >= 4 is 11.6 Å². The van der Waals surface area contributed by atoms with Crippen molar-refractivity contribution in [1.29, 1.82) is 0 Å². The van der Waals surface area contributed by atoms with E-state index in [2.05, 4.69) is 17.2 Å². The van der Waals surface area contributed by atoms with Crippen LogP contribution in [0.25, 0.3) is 11.3 Å². The maximum absolute atomic E-state index is 6.27. The smallest absolute Gasteiger partial charge is 0.211 e. The number of benzene rings is 1. The second-order valence-corrected chi connectivity index (χ2v) is 4.66. The van der Waals surface area contributed by atoms with E-state index in [9.17, 15) is 0 Å². The minimum absolute atomic E-state index is 0.104. The van der Waals surface area contributed by atoms with Gasteiger partial charge in [0.25, 0.3) is 0 Å². The summed E-state index contributed by atoms with van der Waals surface area (Å²) in [7, 11) is 0. The summed E-state index contributed by atoms with van der Waals surface area (Å²) >= 11 is 6.27. The largest absolute Gasteiger partial charge is 0.439 e. The normalized spacial score (nSPS) is 12.7. The molecule has 96 valence electrons. The molecule has 0 radical (unpaired) electrons. The molecular weight excluding hydrogens is 248 g/mol.